The van der Waals surface area contributed by atoms with Crippen LogP contribution in [0.5, 0.6) is 5.75 Å². The van der Waals surface area contributed by atoms with Crippen LogP contribution in [0, 0.1) is 18.3 Å². The van der Waals surface area contributed by atoms with Gasteiger partial charge in [0.25, 0.3) is 5.56 Å². The minimum absolute atomic E-state index is 0.203. The van der Waals surface area contributed by atoms with Crippen molar-refractivity contribution in [3.05, 3.63) is 119 Å². The van der Waals surface area contributed by atoms with Crippen LogP contribution in [0.3, 0.4) is 0 Å². The predicted molar refractivity (Wildman–Crippen MR) is 145 cm³/mol. The topological polar surface area (TPSA) is 96.6 Å². The number of aromatic nitrogens is 4. The molecule has 0 unspecified atom stereocenters. The van der Waals surface area contributed by atoms with Gasteiger partial charge < -0.3 is 9.72 Å². The molecule has 0 radical (unpaired) electrons. The molecule has 7 nitrogen and oxygen atoms in total. The van der Waals surface area contributed by atoms with Crippen molar-refractivity contribution < 1.29 is 4.74 Å². The zero-order valence-corrected chi connectivity index (χ0v) is 20.2. The first-order valence-corrected chi connectivity index (χ1v) is 11.7. The Balaban J connectivity index is 1.65. The van der Waals surface area contributed by atoms with Gasteiger partial charge >= 0.3 is 0 Å². The average Bonchev–Trinajstić information content (AvgIpc) is 3.35. The van der Waals surface area contributed by atoms with Crippen molar-refractivity contribution in [1.82, 2.24) is 19.7 Å². The lowest BCUT2D eigenvalue weighted by Crippen LogP contribution is -2.11. The first kappa shape index (κ1) is 23.5. The van der Waals surface area contributed by atoms with E-state index in [9.17, 15) is 10.1 Å². The smallest absolute Gasteiger partial charge is 0.259 e. The fraction of sp³-hybridized carbons (Fsp3) is 0.0667. The van der Waals surface area contributed by atoms with Crippen molar-refractivity contribution in [2.24, 2.45) is 0 Å². The summed E-state index contributed by atoms with van der Waals surface area (Å²) in [7, 11) is 0. The summed E-state index contributed by atoms with van der Waals surface area (Å²) >= 11 is 0. The van der Waals surface area contributed by atoms with Gasteiger partial charge in [-0.2, -0.15) is 10.4 Å². The maximum absolute atomic E-state index is 12.6. The van der Waals surface area contributed by atoms with Gasteiger partial charge in [-0.15, -0.1) is 0 Å². The first-order valence-electron chi connectivity index (χ1n) is 11.7. The van der Waals surface area contributed by atoms with E-state index >= 15 is 0 Å². The summed E-state index contributed by atoms with van der Waals surface area (Å²) in [5, 5.41) is 15.3. The van der Waals surface area contributed by atoms with E-state index in [1.165, 1.54) is 0 Å². The van der Waals surface area contributed by atoms with E-state index in [1.807, 2.05) is 61.7 Å². The van der Waals surface area contributed by atoms with Crippen molar-refractivity contribution >= 4 is 22.6 Å². The Hall–Kier alpha value is -5.22. The minimum atomic E-state index is -0.298. The lowest BCUT2D eigenvalue weighted by Gasteiger charge is -2.09. The van der Waals surface area contributed by atoms with Crippen LogP contribution < -0.4 is 10.3 Å². The number of aryl methyl sites for hydroxylation is 1. The van der Waals surface area contributed by atoms with Crippen LogP contribution in [-0.2, 0) is 0 Å². The second-order valence-corrected chi connectivity index (χ2v) is 8.39. The molecule has 0 saturated carbocycles. The molecule has 7 heteroatoms. The molecule has 180 valence electrons. The number of hydrogen-bond donors (Lipinski definition) is 1. The van der Waals surface area contributed by atoms with Crippen LogP contribution in [0.25, 0.3) is 39.5 Å². The summed E-state index contributed by atoms with van der Waals surface area (Å²) in [6.45, 7) is 6.08. The number of fused-ring (bicyclic) bond motifs is 1. The molecule has 0 aliphatic heterocycles. The number of nitriles is 1. The van der Waals surface area contributed by atoms with Gasteiger partial charge in [0.15, 0.2) is 5.82 Å². The van der Waals surface area contributed by atoms with E-state index in [0.29, 0.717) is 28.8 Å². The number of nitrogens with one attached hydrogen (secondary N) is 1. The Morgan fingerprint density at radius 1 is 1.14 bits per heavy atom. The Bertz CT molecular complexity index is 1740. The van der Waals surface area contributed by atoms with Gasteiger partial charge in [0.1, 0.15) is 24.1 Å². The quantitative estimate of drug-likeness (QED) is 0.235. The number of allylic oxidation sites excluding steroid dienone is 1. The largest absolute Gasteiger partial charge is 0.489 e. The average molecular weight is 486 g/mol. The van der Waals surface area contributed by atoms with Crippen LogP contribution in [0.1, 0.15) is 17.0 Å². The Labute approximate surface area is 213 Å². The maximum atomic E-state index is 12.6. The monoisotopic (exact) mass is 485 g/mol. The van der Waals surface area contributed by atoms with Gasteiger partial charge in [-0.1, -0.05) is 43.0 Å². The molecule has 5 rings (SSSR count). The molecule has 0 aliphatic rings. The zero-order chi connectivity index (χ0) is 25.8. The Morgan fingerprint density at radius 2 is 1.92 bits per heavy atom. The molecule has 5 aromatic rings. The van der Waals surface area contributed by atoms with Gasteiger partial charge in [-0.05, 0) is 61.0 Å². The minimum Gasteiger partial charge on any atom is -0.489 e. The molecular formula is C30H23N5O2. The SMILES string of the molecule is C=CCOc1ccc(-c2nn(-c3ccccc3)cc2C=C(C#N)c2nc3ccccc3c(=O)[nH]2)cc1C. The van der Waals surface area contributed by atoms with Crippen molar-refractivity contribution in [2.45, 2.75) is 6.92 Å². The van der Waals surface area contributed by atoms with E-state index in [-0.39, 0.29) is 17.0 Å². The number of ether oxygens (including phenoxy) is 1. The van der Waals surface area contributed by atoms with E-state index in [2.05, 4.69) is 22.6 Å². The van der Waals surface area contributed by atoms with Crippen molar-refractivity contribution in [3.63, 3.8) is 0 Å². The van der Waals surface area contributed by atoms with E-state index in [1.54, 1.807) is 41.1 Å². The molecule has 0 atom stereocenters. The summed E-state index contributed by atoms with van der Waals surface area (Å²) in [5.74, 6) is 0.966. The highest BCUT2D eigenvalue weighted by Gasteiger charge is 2.15. The normalized spacial score (nSPS) is 11.3. The number of aromatic amines is 1. The molecule has 0 aliphatic carbocycles. The second-order valence-electron chi connectivity index (χ2n) is 8.39. The molecule has 0 amide bonds. The lowest BCUT2D eigenvalue weighted by atomic mass is 10.0. The summed E-state index contributed by atoms with van der Waals surface area (Å²) in [6.07, 6.45) is 5.26. The van der Waals surface area contributed by atoms with Crippen LogP contribution in [0.15, 0.2) is 96.4 Å². The molecule has 3 aromatic carbocycles. The van der Waals surface area contributed by atoms with Gasteiger partial charge in [0.05, 0.1) is 22.2 Å². The van der Waals surface area contributed by atoms with Crippen LogP contribution in [0.4, 0.5) is 0 Å². The molecule has 0 spiro atoms. The first-order chi connectivity index (χ1) is 18.1. The fourth-order valence-corrected chi connectivity index (χ4v) is 4.06. The van der Waals surface area contributed by atoms with Gasteiger partial charge in [-0.3, -0.25) is 4.79 Å². The third kappa shape index (κ3) is 4.81. The van der Waals surface area contributed by atoms with E-state index < -0.39 is 0 Å². The molecule has 1 N–H and O–H groups in total. The third-order valence-electron chi connectivity index (χ3n) is 5.86. The number of benzene rings is 3. The van der Waals surface area contributed by atoms with Crippen molar-refractivity contribution in [2.75, 3.05) is 6.61 Å². The molecule has 37 heavy (non-hydrogen) atoms. The molecular weight excluding hydrogens is 462 g/mol. The number of para-hydroxylation sites is 2. The summed E-state index contributed by atoms with van der Waals surface area (Å²) in [4.78, 5) is 19.9. The number of rotatable bonds is 7. The Kier molecular flexibility index (Phi) is 6.47. The molecule has 0 fully saturated rings. The standard InChI is InChI=1S/C30H23N5O2/c1-3-15-37-27-14-13-21(16-20(27)2)28-23(19-35(34-28)24-9-5-4-6-10-24)17-22(18-31)29-32-26-12-8-7-11-25(26)30(36)33-29/h3-14,16-17,19H,1,15H2,2H3,(H,32,33,36). The van der Waals surface area contributed by atoms with Crippen LogP contribution >= 0.6 is 0 Å². The maximum Gasteiger partial charge on any atom is 0.259 e. The van der Waals surface area contributed by atoms with Gasteiger partial charge in [0, 0.05) is 17.3 Å². The van der Waals surface area contributed by atoms with Crippen LogP contribution in [0.2, 0.25) is 0 Å². The fourth-order valence-electron chi connectivity index (χ4n) is 4.06. The summed E-state index contributed by atoms with van der Waals surface area (Å²) in [5.41, 5.74) is 4.52. The van der Waals surface area contributed by atoms with Crippen molar-refractivity contribution in [3.8, 4) is 28.8 Å². The number of hydrogen-bond acceptors (Lipinski definition) is 5. The van der Waals surface area contributed by atoms with E-state index in [0.717, 1.165) is 22.6 Å². The van der Waals surface area contributed by atoms with Gasteiger partial charge in [0.2, 0.25) is 0 Å². The predicted octanol–water partition coefficient (Wildman–Crippen LogP) is 5.71. The Morgan fingerprint density at radius 3 is 2.68 bits per heavy atom. The second kappa shape index (κ2) is 10.2. The van der Waals surface area contributed by atoms with Crippen LogP contribution in [-0.4, -0.2) is 26.4 Å². The number of H-pyrrole nitrogens is 1. The third-order valence-corrected chi connectivity index (χ3v) is 5.86. The zero-order valence-electron chi connectivity index (χ0n) is 20.2. The molecule has 0 saturated heterocycles. The van der Waals surface area contributed by atoms with Crippen molar-refractivity contribution in [1.29, 1.82) is 5.26 Å². The highest BCUT2D eigenvalue weighted by Crippen LogP contribution is 2.30. The molecule has 0 bridgehead atoms. The lowest BCUT2D eigenvalue weighted by molar-refractivity contribution is 0.361. The summed E-state index contributed by atoms with van der Waals surface area (Å²) in [6, 6.07) is 24.8. The molecule has 2 aromatic heterocycles. The number of nitrogens with zero attached hydrogens (tertiary/aromatic N) is 4. The summed E-state index contributed by atoms with van der Waals surface area (Å²) < 4.78 is 7.50. The highest BCUT2D eigenvalue weighted by molar-refractivity contribution is 5.91. The van der Waals surface area contributed by atoms with E-state index in [4.69, 9.17) is 9.84 Å². The molecule has 2 heterocycles. The van der Waals surface area contributed by atoms with Gasteiger partial charge in [-0.25, -0.2) is 9.67 Å². The highest BCUT2D eigenvalue weighted by atomic mass is 16.5.